The molecule has 17 heavy (non-hydrogen) atoms. The van der Waals surface area contributed by atoms with Gasteiger partial charge in [-0.25, -0.2) is 9.78 Å². The van der Waals surface area contributed by atoms with E-state index in [2.05, 4.69) is 10.3 Å². The Hall–Kier alpha value is -1.88. The van der Waals surface area contributed by atoms with Gasteiger partial charge < -0.3 is 4.74 Å². The zero-order chi connectivity index (χ0) is 12.3. The minimum Gasteiger partial charge on any atom is -0.410 e. The van der Waals surface area contributed by atoms with Crippen molar-refractivity contribution in [2.75, 3.05) is 5.32 Å². The van der Waals surface area contributed by atoms with E-state index in [-0.39, 0.29) is 0 Å². The molecule has 1 amide bonds. The van der Waals surface area contributed by atoms with Gasteiger partial charge in [0, 0.05) is 5.38 Å². The van der Waals surface area contributed by atoms with Crippen LogP contribution in [0.4, 0.5) is 9.93 Å². The second-order valence-corrected chi connectivity index (χ2v) is 4.48. The summed E-state index contributed by atoms with van der Waals surface area (Å²) in [5.74, 6) is 0.515. The van der Waals surface area contributed by atoms with E-state index in [9.17, 15) is 4.79 Å². The van der Waals surface area contributed by atoms with Crippen molar-refractivity contribution >= 4 is 22.6 Å². The summed E-state index contributed by atoms with van der Waals surface area (Å²) in [5, 5.41) is 4.98. The van der Waals surface area contributed by atoms with Crippen molar-refractivity contribution in [2.45, 2.75) is 13.8 Å². The molecule has 0 saturated heterocycles. The standard InChI is InChI=1S/C12H12N2O2S/c1-8-3-5-10(6-4-8)16-12(15)14-11-13-9(2)7-17-11/h3-7H,1-2H3,(H,13,14,15). The highest BCUT2D eigenvalue weighted by Crippen LogP contribution is 2.16. The molecule has 1 heterocycles. The van der Waals surface area contributed by atoms with Crippen LogP contribution in [0.25, 0.3) is 0 Å². The summed E-state index contributed by atoms with van der Waals surface area (Å²) in [7, 11) is 0. The molecule has 5 heteroatoms. The zero-order valence-corrected chi connectivity index (χ0v) is 10.4. The maximum atomic E-state index is 11.5. The largest absolute Gasteiger partial charge is 0.418 e. The Morgan fingerprint density at radius 3 is 2.59 bits per heavy atom. The Morgan fingerprint density at radius 2 is 2.00 bits per heavy atom. The first-order valence-electron chi connectivity index (χ1n) is 5.11. The van der Waals surface area contributed by atoms with E-state index in [0.29, 0.717) is 10.9 Å². The summed E-state index contributed by atoms with van der Waals surface area (Å²) in [6, 6.07) is 7.27. The molecule has 0 radical (unpaired) electrons. The lowest BCUT2D eigenvalue weighted by molar-refractivity contribution is 0.215. The SMILES string of the molecule is Cc1ccc(OC(=O)Nc2nc(C)cs2)cc1. The van der Waals surface area contributed by atoms with Crippen LogP contribution in [0.15, 0.2) is 29.6 Å². The highest BCUT2D eigenvalue weighted by molar-refractivity contribution is 7.13. The van der Waals surface area contributed by atoms with Gasteiger partial charge in [0.25, 0.3) is 0 Å². The summed E-state index contributed by atoms with van der Waals surface area (Å²) in [5.41, 5.74) is 1.99. The number of aromatic nitrogens is 1. The third-order valence-electron chi connectivity index (χ3n) is 2.06. The van der Waals surface area contributed by atoms with Crippen molar-refractivity contribution < 1.29 is 9.53 Å². The Morgan fingerprint density at radius 1 is 1.29 bits per heavy atom. The first-order valence-corrected chi connectivity index (χ1v) is 5.99. The summed E-state index contributed by atoms with van der Waals surface area (Å²) >= 11 is 1.37. The highest BCUT2D eigenvalue weighted by Gasteiger charge is 2.07. The van der Waals surface area contributed by atoms with Crippen molar-refractivity contribution in [3.8, 4) is 5.75 Å². The number of nitrogens with zero attached hydrogens (tertiary/aromatic N) is 1. The summed E-state index contributed by atoms with van der Waals surface area (Å²) in [4.78, 5) is 15.6. The van der Waals surface area contributed by atoms with Gasteiger partial charge in [-0.1, -0.05) is 17.7 Å². The van der Waals surface area contributed by atoms with Gasteiger partial charge in [-0.3, -0.25) is 5.32 Å². The molecule has 0 spiro atoms. The number of benzene rings is 1. The predicted octanol–water partition coefficient (Wildman–Crippen LogP) is 3.37. The molecule has 0 aliphatic heterocycles. The highest BCUT2D eigenvalue weighted by atomic mass is 32.1. The molecule has 1 aromatic carbocycles. The summed E-state index contributed by atoms with van der Waals surface area (Å²) < 4.78 is 5.10. The maximum absolute atomic E-state index is 11.5. The summed E-state index contributed by atoms with van der Waals surface area (Å²) in [6.45, 7) is 3.84. The van der Waals surface area contributed by atoms with Gasteiger partial charge in [0.05, 0.1) is 5.69 Å². The van der Waals surface area contributed by atoms with Gasteiger partial charge >= 0.3 is 6.09 Å². The lowest BCUT2D eigenvalue weighted by Gasteiger charge is -2.04. The average Bonchev–Trinajstić information content (AvgIpc) is 2.67. The normalized spacial score (nSPS) is 10.0. The Balaban J connectivity index is 1.95. The Kier molecular flexibility index (Phi) is 3.39. The fourth-order valence-electron chi connectivity index (χ4n) is 1.24. The van der Waals surface area contributed by atoms with Crippen LogP contribution >= 0.6 is 11.3 Å². The summed E-state index contributed by atoms with van der Waals surface area (Å²) in [6.07, 6.45) is -0.525. The monoisotopic (exact) mass is 248 g/mol. The topological polar surface area (TPSA) is 51.2 Å². The fraction of sp³-hybridized carbons (Fsp3) is 0.167. The number of amides is 1. The first kappa shape index (κ1) is 11.6. The van der Waals surface area contributed by atoms with Gasteiger partial charge in [-0.15, -0.1) is 11.3 Å². The van der Waals surface area contributed by atoms with Gasteiger partial charge in [-0.05, 0) is 26.0 Å². The second-order valence-electron chi connectivity index (χ2n) is 3.62. The van der Waals surface area contributed by atoms with E-state index >= 15 is 0 Å². The van der Waals surface area contributed by atoms with Crippen LogP contribution in [0.5, 0.6) is 5.75 Å². The van der Waals surface area contributed by atoms with Gasteiger partial charge in [-0.2, -0.15) is 0 Å². The van der Waals surface area contributed by atoms with Crippen molar-refractivity contribution in [3.05, 3.63) is 40.9 Å². The first-order chi connectivity index (χ1) is 8.13. The molecule has 2 aromatic rings. The van der Waals surface area contributed by atoms with Gasteiger partial charge in [0.1, 0.15) is 5.75 Å². The fourth-order valence-corrected chi connectivity index (χ4v) is 1.91. The third-order valence-corrected chi connectivity index (χ3v) is 2.94. The Labute approximate surface area is 103 Å². The molecule has 0 aliphatic carbocycles. The van der Waals surface area contributed by atoms with Crippen LogP contribution in [-0.4, -0.2) is 11.1 Å². The number of hydrogen-bond acceptors (Lipinski definition) is 4. The molecule has 1 aromatic heterocycles. The molecule has 0 atom stereocenters. The van der Waals surface area contributed by atoms with E-state index in [0.717, 1.165) is 11.3 Å². The third kappa shape index (κ3) is 3.29. The number of carbonyl (C=O) groups is 1. The number of aryl methyl sites for hydroxylation is 2. The maximum Gasteiger partial charge on any atom is 0.418 e. The van der Waals surface area contributed by atoms with Crippen LogP contribution in [-0.2, 0) is 0 Å². The molecule has 0 bridgehead atoms. The molecule has 0 unspecified atom stereocenters. The molecule has 1 N–H and O–H groups in total. The van der Waals surface area contributed by atoms with E-state index < -0.39 is 6.09 Å². The number of ether oxygens (including phenoxy) is 1. The molecule has 0 fully saturated rings. The number of nitrogens with one attached hydrogen (secondary N) is 1. The molecule has 0 saturated carbocycles. The van der Waals surface area contributed by atoms with Crippen molar-refractivity contribution in [3.63, 3.8) is 0 Å². The van der Waals surface area contributed by atoms with E-state index in [4.69, 9.17) is 4.74 Å². The van der Waals surface area contributed by atoms with Gasteiger partial charge in [0.15, 0.2) is 5.13 Å². The molecule has 2 rings (SSSR count). The van der Waals surface area contributed by atoms with Crippen LogP contribution in [0, 0.1) is 13.8 Å². The van der Waals surface area contributed by atoms with Crippen molar-refractivity contribution in [1.29, 1.82) is 0 Å². The lowest BCUT2D eigenvalue weighted by atomic mass is 10.2. The van der Waals surface area contributed by atoms with Gasteiger partial charge in [0.2, 0.25) is 0 Å². The Bertz CT molecular complexity index is 520. The number of anilines is 1. The molecule has 0 aliphatic rings. The number of carbonyl (C=O) groups excluding carboxylic acids is 1. The number of hydrogen-bond donors (Lipinski definition) is 1. The van der Waals surface area contributed by atoms with Crippen molar-refractivity contribution in [2.24, 2.45) is 0 Å². The molecular formula is C12H12N2O2S. The smallest absolute Gasteiger partial charge is 0.410 e. The van der Waals surface area contributed by atoms with E-state index in [1.54, 1.807) is 12.1 Å². The van der Waals surface area contributed by atoms with E-state index in [1.165, 1.54) is 11.3 Å². The predicted molar refractivity (Wildman–Crippen MR) is 67.7 cm³/mol. The van der Waals surface area contributed by atoms with Crippen molar-refractivity contribution in [1.82, 2.24) is 4.98 Å². The molecule has 4 nitrogen and oxygen atoms in total. The van der Waals surface area contributed by atoms with Crippen LogP contribution < -0.4 is 10.1 Å². The molecule has 88 valence electrons. The number of rotatable bonds is 2. The lowest BCUT2D eigenvalue weighted by Crippen LogP contribution is -2.16. The quantitative estimate of drug-likeness (QED) is 0.886. The van der Waals surface area contributed by atoms with E-state index in [1.807, 2.05) is 31.4 Å². The number of thiazole rings is 1. The second kappa shape index (κ2) is 4.97. The van der Waals surface area contributed by atoms with Crippen LogP contribution in [0.1, 0.15) is 11.3 Å². The zero-order valence-electron chi connectivity index (χ0n) is 9.56. The minimum absolute atomic E-state index is 0.515. The van der Waals surface area contributed by atoms with Crippen LogP contribution in [0.3, 0.4) is 0 Å². The minimum atomic E-state index is -0.525. The molecular weight excluding hydrogens is 236 g/mol. The average molecular weight is 248 g/mol. The van der Waals surface area contributed by atoms with Crippen LogP contribution in [0.2, 0.25) is 0 Å².